The van der Waals surface area contributed by atoms with E-state index in [2.05, 4.69) is 15.6 Å². The Balaban J connectivity index is 1.68. The molecule has 2 rings (SSSR count). The van der Waals surface area contributed by atoms with Crippen LogP contribution in [0.2, 0.25) is 0 Å². The van der Waals surface area contributed by atoms with E-state index in [9.17, 15) is 14.4 Å². The number of ether oxygens (including phenoxy) is 1. The van der Waals surface area contributed by atoms with E-state index in [1.54, 1.807) is 6.92 Å². The van der Waals surface area contributed by atoms with Crippen LogP contribution in [0.15, 0.2) is 47.4 Å². The minimum Gasteiger partial charge on any atom is -0.445 e. The maximum atomic E-state index is 11.8. The topological polar surface area (TPSA) is 100 Å². The van der Waals surface area contributed by atoms with Crippen LogP contribution in [0, 0.1) is 6.92 Å². The van der Waals surface area contributed by atoms with Crippen LogP contribution in [0.5, 0.6) is 0 Å². The lowest BCUT2D eigenvalue weighted by Crippen LogP contribution is -2.28. The summed E-state index contributed by atoms with van der Waals surface area (Å²) < 4.78 is 5.02. The molecular weight excluding hydrogens is 310 g/mol. The number of alkyl carbamates (subject to hydrolysis) is 1. The van der Waals surface area contributed by atoms with Crippen molar-refractivity contribution in [3.05, 3.63) is 64.1 Å². The smallest absolute Gasteiger partial charge is 0.407 e. The SMILES string of the molecule is Cc1cc(=O)c(NC(=O)CCNC(=O)OCc2ccccc2)c[nH]1. The number of hydrogen-bond acceptors (Lipinski definition) is 4. The fourth-order valence-corrected chi connectivity index (χ4v) is 1.94. The number of aryl methyl sites for hydroxylation is 1. The molecule has 1 aromatic heterocycles. The fourth-order valence-electron chi connectivity index (χ4n) is 1.94. The van der Waals surface area contributed by atoms with E-state index in [1.807, 2.05) is 30.3 Å². The predicted octanol–water partition coefficient (Wildman–Crippen LogP) is 1.94. The zero-order valence-corrected chi connectivity index (χ0v) is 13.3. The summed E-state index contributed by atoms with van der Waals surface area (Å²) in [6.07, 6.45) is 0.880. The van der Waals surface area contributed by atoms with Gasteiger partial charge in [-0.25, -0.2) is 4.79 Å². The quantitative estimate of drug-likeness (QED) is 0.754. The zero-order chi connectivity index (χ0) is 17.4. The Morgan fingerprint density at radius 2 is 1.96 bits per heavy atom. The highest BCUT2D eigenvalue weighted by Crippen LogP contribution is 2.01. The van der Waals surface area contributed by atoms with Crippen molar-refractivity contribution in [2.75, 3.05) is 11.9 Å². The van der Waals surface area contributed by atoms with Crippen molar-refractivity contribution < 1.29 is 14.3 Å². The van der Waals surface area contributed by atoms with Gasteiger partial charge in [0.05, 0.1) is 0 Å². The highest BCUT2D eigenvalue weighted by atomic mass is 16.5. The molecule has 0 radical (unpaired) electrons. The standard InChI is InChI=1S/C17H19N3O4/c1-12-9-15(21)14(10-19-12)20-16(22)7-8-18-17(23)24-11-13-5-3-2-4-6-13/h2-6,9-10H,7-8,11H2,1H3,(H,18,23)(H,19,21)(H,20,22). The number of carbonyl (C=O) groups is 2. The van der Waals surface area contributed by atoms with Crippen molar-refractivity contribution >= 4 is 17.7 Å². The fraction of sp³-hybridized carbons (Fsp3) is 0.235. The van der Waals surface area contributed by atoms with Gasteiger partial charge in [-0.2, -0.15) is 0 Å². The van der Waals surface area contributed by atoms with Crippen molar-refractivity contribution in [1.82, 2.24) is 10.3 Å². The van der Waals surface area contributed by atoms with Gasteiger partial charge in [-0.15, -0.1) is 0 Å². The third-order valence-corrected chi connectivity index (χ3v) is 3.17. The van der Waals surface area contributed by atoms with Crippen molar-refractivity contribution in [2.45, 2.75) is 20.0 Å². The van der Waals surface area contributed by atoms with Crippen LogP contribution in [0.3, 0.4) is 0 Å². The Labute approximate surface area is 139 Å². The van der Waals surface area contributed by atoms with Gasteiger partial charge in [0.2, 0.25) is 11.3 Å². The number of aromatic amines is 1. The van der Waals surface area contributed by atoms with Gasteiger partial charge in [0.25, 0.3) is 0 Å². The van der Waals surface area contributed by atoms with Crippen molar-refractivity contribution in [3.8, 4) is 0 Å². The van der Waals surface area contributed by atoms with Crippen molar-refractivity contribution in [1.29, 1.82) is 0 Å². The molecule has 7 heteroatoms. The third-order valence-electron chi connectivity index (χ3n) is 3.17. The second-order valence-corrected chi connectivity index (χ2v) is 5.18. The molecule has 0 aliphatic rings. The molecule has 1 heterocycles. The first-order valence-corrected chi connectivity index (χ1v) is 7.48. The highest BCUT2D eigenvalue weighted by molar-refractivity contribution is 5.90. The lowest BCUT2D eigenvalue weighted by Gasteiger charge is -2.07. The summed E-state index contributed by atoms with van der Waals surface area (Å²) in [5.41, 5.74) is 1.50. The van der Waals surface area contributed by atoms with Crippen LogP contribution >= 0.6 is 0 Å². The molecule has 2 amide bonds. The first-order chi connectivity index (χ1) is 11.5. The lowest BCUT2D eigenvalue weighted by molar-refractivity contribution is -0.116. The summed E-state index contributed by atoms with van der Waals surface area (Å²) in [6, 6.07) is 10.7. The molecule has 3 N–H and O–H groups in total. The van der Waals surface area contributed by atoms with E-state index >= 15 is 0 Å². The highest BCUT2D eigenvalue weighted by Gasteiger charge is 2.07. The Hall–Kier alpha value is -3.09. The number of rotatable bonds is 6. The molecule has 2 aromatic rings. The van der Waals surface area contributed by atoms with Crippen LogP contribution < -0.4 is 16.1 Å². The summed E-state index contributed by atoms with van der Waals surface area (Å²) in [5.74, 6) is -0.368. The Bertz CT molecular complexity index is 756. The van der Waals surface area contributed by atoms with Gasteiger partial charge < -0.3 is 20.4 Å². The molecule has 0 bridgehead atoms. The maximum Gasteiger partial charge on any atom is 0.407 e. The number of pyridine rings is 1. The van der Waals surface area contributed by atoms with Gasteiger partial charge in [-0.05, 0) is 12.5 Å². The summed E-state index contributed by atoms with van der Waals surface area (Å²) >= 11 is 0. The molecule has 126 valence electrons. The van der Waals surface area contributed by atoms with Gasteiger partial charge in [0.15, 0.2) is 0 Å². The third kappa shape index (κ3) is 5.60. The summed E-state index contributed by atoms with van der Waals surface area (Å²) in [4.78, 5) is 37.8. The minimum absolute atomic E-state index is 0.0355. The molecule has 24 heavy (non-hydrogen) atoms. The Morgan fingerprint density at radius 1 is 1.21 bits per heavy atom. The van der Waals surface area contributed by atoms with Crippen LogP contribution in [0.1, 0.15) is 17.7 Å². The van der Waals surface area contributed by atoms with E-state index in [0.717, 1.165) is 5.56 Å². The number of H-pyrrole nitrogens is 1. The van der Waals surface area contributed by atoms with Crippen LogP contribution in [-0.2, 0) is 16.1 Å². The van der Waals surface area contributed by atoms with E-state index in [1.165, 1.54) is 12.3 Å². The van der Waals surface area contributed by atoms with Crippen molar-refractivity contribution in [3.63, 3.8) is 0 Å². The number of carbonyl (C=O) groups excluding carboxylic acids is 2. The number of aromatic nitrogens is 1. The molecular formula is C17H19N3O4. The first-order valence-electron chi connectivity index (χ1n) is 7.48. The van der Waals surface area contributed by atoms with E-state index < -0.39 is 6.09 Å². The van der Waals surface area contributed by atoms with E-state index in [-0.39, 0.29) is 36.6 Å². The zero-order valence-electron chi connectivity index (χ0n) is 13.3. The van der Waals surface area contributed by atoms with E-state index in [4.69, 9.17) is 4.74 Å². The minimum atomic E-state index is -0.597. The monoisotopic (exact) mass is 329 g/mol. The second-order valence-electron chi connectivity index (χ2n) is 5.18. The van der Waals surface area contributed by atoms with Gasteiger partial charge in [-0.1, -0.05) is 30.3 Å². The number of hydrogen-bond donors (Lipinski definition) is 3. The molecule has 7 nitrogen and oxygen atoms in total. The number of nitrogens with one attached hydrogen (secondary N) is 3. The molecule has 0 aliphatic heterocycles. The molecule has 0 saturated heterocycles. The van der Waals surface area contributed by atoms with Crippen LogP contribution in [0.25, 0.3) is 0 Å². The van der Waals surface area contributed by atoms with Gasteiger partial charge in [-0.3, -0.25) is 9.59 Å². The molecule has 0 saturated carbocycles. The van der Waals surface area contributed by atoms with Gasteiger partial charge in [0.1, 0.15) is 12.3 Å². The molecule has 0 atom stereocenters. The van der Waals surface area contributed by atoms with Crippen molar-refractivity contribution in [2.24, 2.45) is 0 Å². The van der Waals surface area contributed by atoms with Gasteiger partial charge >= 0.3 is 6.09 Å². The van der Waals surface area contributed by atoms with Crippen LogP contribution in [-0.4, -0.2) is 23.5 Å². The largest absolute Gasteiger partial charge is 0.445 e. The average molecular weight is 329 g/mol. The van der Waals surface area contributed by atoms with Crippen LogP contribution in [0.4, 0.5) is 10.5 Å². The Kier molecular flexibility index (Phi) is 6.13. The summed E-state index contributed by atoms with van der Waals surface area (Å²) in [6.45, 7) is 2.03. The Morgan fingerprint density at radius 3 is 2.67 bits per heavy atom. The van der Waals surface area contributed by atoms with Gasteiger partial charge in [0, 0.05) is 30.9 Å². The normalized spacial score (nSPS) is 10.0. The number of benzene rings is 1. The second kappa shape index (κ2) is 8.52. The molecule has 1 aromatic carbocycles. The molecule has 0 aliphatic carbocycles. The average Bonchev–Trinajstić information content (AvgIpc) is 2.56. The summed E-state index contributed by atoms with van der Waals surface area (Å²) in [7, 11) is 0. The summed E-state index contributed by atoms with van der Waals surface area (Å²) in [5, 5.41) is 4.98. The molecule has 0 unspecified atom stereocenters. The first kappa shape index (κ1) is 17.3. The maximum absolute atomic E-state index is 11.8. The lowest BCUT2D eigenvalue weighted by atomic mass is 10.2. The molecule has 0 fully saturated rings. The van der Waals surface area contributed by atoms with E-state index in [0.29, 0.717) is 5.69 Å². The molecule has 0 spiro atoms. The number of anilines is 1. The predicted molar refractivity (Wildman–Crippen MR) is 89.7 cm³/mol. The number of amides is 2.